The van der Waals surface area contributed by atoms with Crippen LogP contribution >= 0.6 is 0 Å². The van der Waals surface area contributed by atoms with E-state index in [1.807, 2.05) is 0 Å². The second kappa shape index (κ2) is 5.90. The Morgan fingerprint density at radius 2 is 1.68 bits per heavy atom. The minimum Gasteiger partial charge on any atom is -0.268 e. The molecule has 2 aromatic rings. The van der Waals surface area contributed by atoms with Crippen LogP contribution < -0.4 is 4.72 Å². The number of halogens is 1. The van der Waals surface area contributed by atoms with Crippen molar-refractivity contribution in [3.8, 4) is 0 Å². The summed E-state index contributed by atoms with van der Waals surface area (Å²) in [6, 6.07) is 9.31. The first kappa shape index (κ1) is 15.6. The Morgan fingerprint density at radius 1 is 1.09 bits per heavy atom. The van der Waals surface area contributed by atoms with Crippen molar-refractivity contribution in [2.75, 3.05) is 0 Å². The molecule has 0 aliphatic carbocycles. The summed E-state index contributed by atoms with van der Waals surface area (Å²) in [5, 5.41) is 10.8. The third kappa shape index (κ3) is 3.09. The van der Waals surface area contributed by atoms with E-state index in [0.717, 1.165) is 24.3 Å². The number of sulfonamides is 1. The molecule has 22 heavy (non-hydrogen) atoms. The van der Waals surface area contributed by atoms with Gasteiger partial charge in [0.25, 0.3) is 21.6 Å². The Morgan fingerprint density at radius 3 is 2.32 bits per heavy atom. The molecule has 1 amide bonds. The normalized spacial score (nSPS) is 11.0. The Hall–Kier alpha value is -2.81. The van der Waals surface area contributed by atoms with Crippen LogP contribution in [0.1, 0.15) is 10.4 Å². The molecule has 0 spiro atoms. The lowest BCUT2D eigenvalue weighted by molar-refractivity contribution is -0.387. The molecule has 0 aliphatic heterocycles. The minimum atomic E-state index is -4.51. The maximum Gasteiger partial charge on any atom is 0.289 e. The molecule has 0 unspecified atom stereocenters. The van der Waals surface area contributed by atoms with Gasteiger partial charge in [-0.05, 0) is 18.2 Å². The number of para-hydroxylation sites is 1. The van der Waals surface area contributed by atoms with Crippen LogP contribution in [0.2, 0.25) is 0 Å². The molecule has 0 saturated heterocycles. The Bertz CT molecular complexity index is 851. The predicted octanol–water partition coefficient (Wildman–Crippen LogP) is 1.85. The van der Waals surface area contributed by atoms with Crippen LogP contribution in [0.25, 0.3) is 0 Å². The van der Waals surface area contributed by atoms with Crippen molar-refractivity contribution >= 4 is 21.6 Å². The van der Waals surface area contributed by atoms with Crippen LogP contribution in [0, 0.1) is 15.9 Å². The quantitative estimate of drug-likeness (QED) is 0.682. The molecular formula is C13H9FN2O5S. The van der Waals surface area contributed by atoms with Crippen LogP contribution in [0.15, 0.2) is 53.4 Å². The Kier molecular flexibility index (Phi) is 4.18. The average Bonchev–Trinajstić information content (AvgIpc) is 2.47. The summed E-state index contributed by atoms with van der Waals surface area (Å²) in [6.07, 6.45) is 0. The molecular weight excluding hydrogens is 315 g/mol. The zero-order valence-corrected chi connectivity index (χ0v) is 11.7. The number of amides is 1. The number of benzene rings is 2. The summed E-state index contributed by atoms with van der Waals surface area (Å²) in [5.74, 6) is -2.12. The summed E-state index contributed by atoms with van der Waals surface area (Å²) >= 11 is 0. The number of hydrogen-bond donors (Lipinski definition) is 1. The van der Waals surface area contributed by atoms with Gasteiger partial charge in [0.05, 0.1) is 10.5 Å². The largest absolute Gasteiger partial charge is 0.289 e. The van der Waals surface area contributed by atoms with Crippen molar-refractivity contribution < 1.29 is 22.5 Å². The number of rotatable bonds is 4. The van der Waals surface area contributed by atoms with Gasteiger partial charge in [0.15, 0.2) is 4.90 Å². The fourth-order valence-electron chi connectivity index (χ4n) is 1.71. The zero-order valence-electron chi connectivity index (χ0n) is 10.9. The number of carbonyl (C=O) groups is 1. The molecule has 2 rings (SSSR count). The second-order valence-electron chi connectivity index (χ2n) is 4.14. The van der Waals surface area contributed by atoms with Crippen molar-refractivity contribution in [3.63, 3.8) is 0 Å². The third-order valence-electron chi connectivity index (χ3n) is 2.70. The molecule has 0 saturated carbocycles. The van der Waals surface area contributed by atoms with E-state index in [4.69, 9.17) is 0 Å². The SMILES string of the molecule is O=C(NS(=O)(=O)c1ccccc1[N+](=O)[O-])c1ccccc1F. The monoisotopic (exact) mass is 324 g/mol. The minimum absolute atomic E-state index is 0.482. The van der Waals surface area contributed by atoms with Crippen molar-refractivity contribution in [1.82, 2.24) is 4.72 Å². The second-order valence-corrected chi connectivity index (χ2v) is 5.79. The molecule has 0 heterocycles. The maximum atomic E-state index is 13.5. The highest BCUT2D eigenvalue weighted by atomic mass is 32.2. The molecule has 2 aromatic carbocycles. The van der Waals surface area contributed by atoms with Gasteiger partial charge in [-0.2, -0.15) is 0 Å². The van der Waals surface area contributed by atoms with Crippen molar-refractivity contribution in [1.29, 1.82) is 0 Å². The molecule has 0 radical (unpaired) electrons. The number of nitrogens with zero attached hydrogens (tertiary/aromatic N) is 1. The standard InChI is InChI=1S/C13H9FN2O5S/c14-10-6-2-1-5-9(10)13(17)15-22(20,21)12-8-4-3-7-11(12)16(18)19/h1-8H,(H,15,17). The first-order valence-corrected chi connectivity index (χ1v) is 7.36. The van der Waals surface area contributed by atoms with E-state index in [0.29, 0.717) is 0 Å². The van der Waals surface area contributed by atoms with Crippen molar-refractivity contribution in [2.45, 2.75) is 4.90 Å². The Labute approximate surface area is 124 Å². The van der Waals surface area contributed by atoms with Gasteiger partial charge < -0.3 is 0 Å². The lowest BCUT2D eigenvalue weighted by Crippen LogP contribution is -2.31. The number of hydrogen-bond acceptors (Lipinski definition) is 5. The molecule has 0 bridgehead atoms. The molecule has 0 aromatic heterocycles. The lowest BCUT2D eigenvalue weighted by Gasteiger charge is -2.07. The van der Waals surface area contributed by atoms with E-state index in [9.17, 15) is 27.7 Å². The molecule has 0 aliphatic rings. The fourth-order valence-corrected chi connectivity index (χ4v) is 2.85. The highest BCUT2D eigenvalue weighted by Gasteiger charge is 2.27. The number of nitro groups is 1. The van der Waals surface area contributed by atoms with Crippen LogP contribution in [0.4, 0.5) is 10.1 Å². The van der Waals surface area contributed by atoms with Gasteiger partial charge >= 0.3 is 0 Å². The van der Waals surface area contributed by atoms with Gasteiger partial charge in [0.2, 0.25) is 0 Å². The summed E-state index contributed by atoms with van der Waals surface area (Å²) in [5.41, 5.74) is -1.17. The van der Waals surface area contributed by atoms with Crippen LogP contribution in [-0.4, -0.2) is 19.2 Å². The van der Waals surface area contributed by atoms with Gasteiger partial charge in [-0.25, -0.2) is 17.5 Å². The average molecular weight is 324 g/mol. The number of nitrogens with one attached hydrogen (secondary N) is 1. The van der Waals surface area contributed by atoms with Gasteiger partial charge in [-0.3, -0.25) is 14.9 Å². The zero-order chi connectivity index (χ0) is 16.3. The van der Waals surface area contributed by atoms with E-state index in [1.165, 1.54) is 24.3 Å². The lowest BCUT2D eigenvalue weighted by atomic mass is 10.2. The third-order valence-corrected chi connectivity index (χ3v) is 4.08. The summed E-state index contributed by atoms with van der Waals surface area (Å²) in [4.78, 5) is 21.1. The molecule has 0 fully saturated rings. The Balaban J connectivity index is 2.39. The number of carbonyl (C=O) groups excluding carboxylic acids is 1. The van der Waals surface area contributed by atoms with Gasteiger partial charge in [-0.1, -0.05) is 24.3 Å². The van der Waals surface area contributed by atoms with Crippen molar-refractivity contribution in [3.05, 3.63) is 70.0 Å². The smallest absolute Gasteiger partial charge is 0.268 e. The summed E-state index contributed by atoms with van der Waals surface area (Å²) in [6.45, 7) is 0. The van der Waals surface area contributed by atoms with E-state index >= 15 is 0 Å². The van der Waals surface area contributed by atoms with Crippen molar-refractivity contribution in [2.24, 2.45) is 0 Å². The topological polar surface area (TPSA) is 106 Å². The highest BCUT2D eigenvalue weighted by Crippen LogP contribution is 2.23. The van der Waals surface area contributed by atoms with E-state index in [1.54, 1.807) is 4.72 Å². The van der Waals surface area contributed by atoms with Gasteiger partial charge in [0, 0.05) is 6.07 Å². The fraction of sp³-hybridized carbons (Fsp3) is 0. The first-order chi connectivity index (χ1) is 10.3. The summed E-state index contributed by atoms with van der Waals surface area (Å²) in [7, 11) is -4.51. The molecule has 9 heteroatoms. The maximum absolute atomic E-state index is 13.5. The van der Waals surface area contributed by atoms with Crippen LogP contribution in [0.3, 0.4) is 0 Å². The first-order valence-electron chi connectivity index (χ1n) is 5.88. The molecule has 1 N–H and O–H groups in total. The summed E-state index contributed by atoms with van der Waals surface area (Å²) < 4.78 is 39.3. The number of nitro benzene ring substituents is 1. The molecule has 0 atom stereocenters. The van der Waals surface area contributed by atoms with E-state index in [2.05, 4.69) is 0 Å². The van der Waals surface area contributed by atoms with E-state index < -0.39 is 42.8 Å². The van der Waals surface area contributed by atoms with Crippen LogP contribution in [0.5, 0.6) is 0 Å². The van der Waals surface area contributed by atoms with Gasteiger partial charge in [0.1, 0.15) is 5.82 Å². The predicted molar refractivity (Wildman–Crippen MR) is 74.1 cm³/mol. The molecule has 114 valence electrons. The van der Waals surface area contributed by atoms with Crippen LogP contribution in [-0.2, 0) is 10.0 Å². The van der Waals surface area contributed by atoms with E-state index in [-0.39, 0.29) is 0 Å². The molecule has 7 nitrogen and oxygen atoms in total. The highest BCUT2D eigenvalue weighted by molar-refractivity contribution is 7.90. The van der Waals surface area contributed by atoms with Gasteiger partial charge in [-0.15, -0.1) is 0 Å².